The topological polar surface area (TPSA) is 88.1 Å². The van der Waals surface area contributed by atoms with E-state index in [1.54, 1.807) is 0 Å². The Morgan fingerprint density at radius 1 is 0.850 bits per heavy atom. The lowest BCUT2D eigenvalue weighted by atomic mass is 9.99. The molecule has 0 amide bonds. The first-order valence-electron chi connectivity index (χ1n) is 6.03. The van der Waals surface area contributed by atoms with Crippen molar-refractivity contribution in [3.05, 3.63) is 0 Å². The smallest absolute Gasteiger partial charge is 0.303 e. The third-order valence-corrected chi connectivity index (χ3v) is 2.62. The van der Waals surface area contributed by atoms with Crippen molar-refractivity contribution in [2.75, 3.05) is 0 Å². The highest BCUT2D eigenvalue weighted by Gasteiger charge is 2.50. The normalized spacial score (nSPS) is 33.1. The predicted octanol–water partition coefficient (Wildman–Crippen LogP) is 0.496. The van der Waals surface area contributed by atoms with E-state index in [0.29, 0.717) is 0 Å². The van der Waals surface area contributed by atoms with Gasteiger partial charge in [-0.2, -0.15) is 0 Å². The number of hydrogen-bond acceptors (Lipinski definition) is 7. The minimum absolute atomic E-state index is 0.651. The quantitative estimate of drug-likeness (QED) is 0.552. The van der Waals surface area contributed by atoms with Gasteiger partial charge in [-0.25, -0.2) is 4.39 Å². The highest BCUT2D eigenvalue weighted by atomic mass is 19.1. The second-order valence-corrected chi connectivity index (χ2v) is 4.41. The average Bonchev–Trinajstić information content (AvgIpc) is 2.27. The fraction of sp³-hybridized carbons (Fsp3) is 0.750. The average molecular weight is 292 g/mol. The van der Waals surface area contributed by atoms with Crippen molar-refractivity contribution in [1.82, 2.24) is 0 Å². The van der Waals surface area contributed by atoms with Gasteiger partial charge in [-0.3, -0.25) is 14.4 Å². The minimum Gasteiger partial charge on any atom is -0.456 e. The van der Waals surface area contributed by atoms with Crippen molar-refractivity contribution in [2.24, 2.45) is 0 Å². The van der Waals surface area contributed by atoms with Crippen LogP contribution in [0, 0.1) is 0 Å². The summed E-state index contributed by atoms with van der Waals surface area (Å²) in [6.07, 6.45) is -6.65. The molecule has 0 N–H and O–H groups in total. The van der Waals surface area contributed by atoms with E-state index in [1.165, 1.54) is 6.92 Å². The van der Waals surface area contributed by atoms with E-state index in [9.17, 15) is 18.8 Å². The highest BCUT2D eigenvalue weighted by molar-refractivity contribution is 5.68. The maximum atomic E-state index is 13.8. The summed E-state index contributed by atoms with van der Waals surface area (Å²) in [4.78, 5) is 33.2. The lowest BCUT2D eigenvalue weighted by Gasteiger charge is -2.40. The van der Waals surface area contributed by atoms with Gasteiger partial charge in [0.15, 0.2) is 18.3 Å². The molecule has 0 aromatic carbocycles. The van der Waals surface area contributed by atoms with Gasteiger partial charge in [0.2, 0.25) is 6.36 Å². The van der Waals surface area contributed by atoms with Crippen LogP contribution in [0.5, 0.6) is 0 Å². The Balaban J connectivity index is 3.01. The molecular weight excluding hydrogens is 275 g/mol. The first-order valence-corrected chi connectivity index (χ1v) is 6.03. The number of esters is 3. The number of carbonyl (C=O) groups is 3. The molecule has 0 saturated carbocycles. The molecule has 7 nitrogen and oxygen atoms in total. The van der Waals surface area contributed by atoms with Crippen LogP contribution in [0.4, 0.5) is 4.39 Å². The van der Waals surface area contributed by atoms with Crippen molar-refractivity contribution in [3.8, 4) is 0 Å². The molecule has 1 aliphatic heterocycles. The zero-order valence-corrected chi connectivity index (χ0v) is 11.6. The molecule has 0 aliphatic carbocycles. The monoisotopic (exact) mass is 292 g/mol. The van der Waals surface area contributed by atoms with Crippen LogP contribution in [-0.4, -0.2) is 48.7 Å². The van der Waals surface area contributed by atoms with Gasteiger partial charge in [-0.05, 0) is 6.92 Å². The van der Waals surface area contributed by atoms with Crippen LogP contribution in [0.3, 0.4) is 0 Å². The van der Waals surface area contributed by atoms with Gasteiger partial charge in [0.1, 0.15) is 0 Å². The molecule has 0 radical (unpaired) electrons. The highest BCUT2D eigenvalue weighted by Crippen LogP contribution is 2.29. The second kappa shape index (κ2) is 6.65. The molecule has 1 heterocycles. The van der Waals surface area contributed by atoms with E-state index >= 15 is 0 Å². The number of rotatable bonds is 3. The zero-order chi connectivity index (χ0) is 15.4. The molecule has 1 aliphatic rings. The molecule has 1 fully saturated rings. The molecule has 0 aromatic heterocycles. The van der Waals surface area contributed by atoms with Crippen molar-refractivity contribution in [2.45, 2.75) is 58.5 Å². The summed E-state index contributed by atoms with van der Waals surface area (Å²) in [5.74, 6) is -2.14. The summed E-state index contributed by atoms with van der Waals surface area (Å²) in [7, 11) is 0. The number of halogens is 1. The fourth-order valence-electron chi connectivity index (χ4n) is 1.96. The van der Waals surface area contributed by atoms with Crippen molar-refractivity contribution >= 4 is 17.9 Å². The van der Waals surface area contributed by atoms with Crippen molar-refractivity contribution in [1.29, 1.82) is 0 Å². The molecule has 0 spiro atoms. The van der Waals surface area contributed by atoms with E-state index in [0.717, 1.165) is 20.8 Å². The Hall–Kier alpha value is -1.70. The first kappa shape index (κ1) is 16.4. The molecule has 20 heavy (non-hydrogen) atoms. The molecule has 5 atom stereocenters. The molecule has 1 saturated heterocycles. The number of carbonyl (C=O) groups excluding carboxylic acids is 3. The van der Waals surface area contributed by atoms with Crippen molar-refractivity contribution < 1.29 is 37.7 Å². The Labute approximate surface area is 115 Å². The number of alkyl halides is 1. The van der Waals surface area contributed by atoms with Crippen LogP contribution in [0.15, 0.2) is 0 Å². The molecule has 114 valence electrons. The SMILES string of the molecule is CC(=O)OC1C(C)OC(F)C(OC(C)=O)C1OC(C)=O. The van der Waals surface area contributed by atoms with Crippen LogP contribution in [0.25, 0.3) is 0 Å². The van der Waals surface area contributed by atoms with E-state index in [4.69, 9.17) is 18.9 Å². The van der Waals surface area contributed by atoms with Gasteiger partial charge in [0, 0.05) is 20.8 Å². The molecule has 0 bridgehead atoms. The van der Waals surface area contributed by atoms with Gasteiger partial charge in [0.05, 0.1) is 6.10 Å². The third-order valence-electron chi connectivity index (χ3n) is 2.62. The van der Waals surface area contributed by atoms with Crippen LogP contribution < -0.4 is 0 Å². The minimum atomic E-state index is -1.98. The molecule has 1 rings (SSSR count). The van der Waals surface area contributed by atoms with Crippen molar-refractivity contribution in [3.63, 3.8) is 0 Å². The lowest BCUT2D eigenvalue weighted by molar-refractivity contribution is -0.268. The maximum absolute atomic E-state index is 13.8. The molecule has 0 aromatic rings. The maximum Gasteiger partial charge on any atom is 0.303 e. The summed E-state index contributed by atoms with van der Waals surface area (Å²) < 4.78 is 33.4. The Morgan fingerprint density at radius 3 is 1.70 bits per heavy atom. The van der Waals surface area contributed by atoms with Crippen LogP contribution in [0.2, 0.25) is 0 Å². The van der Waals surface area contributed by atoms with Gasteiger partial charge in [-0.1, -0.05) is 0 Å². The number of hydrogen-bond donors (Lipinski definition) is 0. The molecule has 5 unspecified atom stereocenters. The second-order valence-electron chi connectivity index (χ2n) is 4.41. The van der Waals surface area contributed by atoms with E-state index in [1.807, 2.05) is 0 Å². The molecule has 8 heteroatoms. The third kappa shape index (κ3) is 4.16. The Kier molecular flexibility index (Phi) is 5.43. The van der Waals surface area contributed by atoms with E-state index in [-0.39, 0.29) is 0 Å². The van der Waals surface area contributed by atoms with E-state index in [2.05, 4.69) is 0 Å². The van der Waals surface area contributed by atoms with Crippen LogP contribution in [0.1, 0.15) is 27.7 Å². The number of ether oxygens (including phenoxy) is 4. The lowest BCUT2D eigenvalue weighted by Crippen LogP contribution is -2.59. The largest absolute Gasteiger partial charge is 0.456 e. The van der Waals surface area contributed by atoms with Gasteiger partial charge < -0.3 is 18.9 Å². The van der Waals surface area contributed by atoms with Crippen LogP contribution in [-0.2, 0) is 33.3 Å². The predicted molar refractivity (Wildman–Crippen MR) is 62.1 cm³/mol. The summed E-state index contributed by atoms with van der Waals surface area (Å²) in [5.41, 5.74) is 0. The molecular formula is C12H17FO7. The summed E-state index contributed by atoms with van der Waals surface area (Å²) in [5, 5.41) is 0. The first-order chi connectivity index (χ1) is 9.22. The van der Waals surface area contributed by atoms with Gasteiger partial charge >= 0.3 is 17.9 Å². The summed E-state index contributed by atoms with van der Waals surface area (Å²) in [6.45, 7) is 4.81. The van der Waals surface area contributed by atoms with Gasteiger partial charge in [-0.15, -0.1) is 0 Å². The fourth-order valence-corrected chi connectivity index (χ4v) is 1.96. The summed E-state index contributed by atoms with van der Waals surface area (Å²) >= 11 is 0. The Morgan fingerprint density at radius 2 is 1.25 bits per heavy atom. The van der Waals surface area contributed by atoms with E-state index < -0.39 is 48.7 Å². The standard InChI is InChI=1S/C12H17FO7/c1-5-9(18-6(2)14)10(19-7(3)15)11(12(13)17-5)20-8(4)16/h5,9-12H,1-4H3. The zero-order valence-electron chi connectivity index (χ0n) is 11.6. The Bertz CT molecular complexity index is 369. The van der Waals surface area contributed by atoms with Crippen LogP contribution >= 0.6 is 0 Å². The van der Waals surface area contributed by atoms with Gasteiger partial charge in [0.25, 0.3) is 0 Å². The summed E-state index contributed by atoms with van der Waals surface area (Å²) in [6, 6.07) is 0.